The Labute approximate surface area is 173 Å². The number of benzene rings is 2. The standard InChI is InChI=1S/C9H9NO2.C8H11NO.C5H14N2/c11-9-10-8(6-12-9)7-4-2-1-3-5-7;9-8(6-10)7-4-2-1-3-5-7;6-4-2-1-3-5-7/h1-5,8H,6H2,(H,10,11);1-5,8,10H,6,9H2;1-7H2/t2*8-;/m00./s1. The van der Waals surface area contributed by atoms with Crippen LogP contribution >= 0.6 is 0 Å². The van der Waals surface area contributed by atoms with Crippen molar-refractivity contribution >= 4 is 6.09 Å². The minimum Gasteiger partial charge on any atom is -0.447 e. The molecule has 2 atom stereocenters. The molecule has 0 bridgehead atoms. The molecule has 7 heteroatoms. The monoisotopic (exact) mass is 402 g/mol. The number of unbranched alkanes of at least 4 members (excludes halogenated alkanes) is 2. The summed E-state index contributed by atoms with van der Waals surface area (Å²) in [4.78, 5) is 10.7. The van der Waals surface area contributed by atoms with Gasteiger partial charge in [0.15, 0.2) is 0 Å². The maximum absolute atomic E-state index is 10.7. The van der Waals surface area contributed by atoms with Crippen molar-refractivity contribution in [2.75, 3.05) is 26.3 Å². The predicted molar refractivity (Wildman–Crippen MR) is 116 cm³/mol. The van der Waals surface area contributed by atoms with Crippen LogP contribution in [0.5, 0.6) is 0 Å². The summed E-state index contributed by atoms with van der Waals surface area (Å²) in [5.41, 5.74) is 18.1. The molecule has 0 aliphatic carbocycles. The number of aliphatic hydroxyl groups excluding tert-OH is 1. The number of alkyl carbamates (subject to hydrolysis) is 1. The van der Waals surface area contributed by atoms with Gasteiger partial charge in [0.05, 0.1) is 18.7 Å². The Morgan fingerprint density at radius 2 is 1.52 bits per heavy atom. The van der Waals surface area contributed by atoms with Crippen molar-refractivity contribution in [1.29, 1.82) is 0 Å². The molecule has 160 valence electrons. The van der Waals surface area contributed by atoms with Gasteiger partial charge in [0.1, 0.15) is 6.61 Å². The molecule has 2 aromatic rings. The van der Waals surface area contributed by atoms with Gasteiger partial charge in [-0.05, 0) is 37.1 Å². The summed E-state index contributed by atoms with van der Waals surface area (Å²) in [6.07, 6.45) is 3.10. The third-order valence-corrected chi connectivity index (χ3v) is 4.21. The summed E-state index contributed by atoms with van der Waals surface area (Å²) in [5.74, 6) is 0. The number of carbonyl (C=O) groups is 1. The molecule has 0 spiro atoms. The maximum atomic E-state index is 10.7. The third kappa shape index (κ3) is 10.6. The fourth-order valence-corrected chi connectivity index (χ4v) is 2.52. The summed E-state index contributed by atoms with van der Waals surface area (Å²) in [6.45, 7) is 2.05. The Morgan fingerprint density at radius 1 is 0.966 bits per heavy atom. The topological polar surface area (TPSA) is 137 Å². The highest BCUT2D eigenvalue weighted by Crippen LogP contribution is 2.16. The minimum absolute atomic E-state index is 0.00398. The number of ether oxygens (including phenoxy) is 1. The van der Waals surface area contributed by atoms with Gasteiger partial charge in [0.2, 0.25) is 0 Å². The average Bonchev–Trinajstić information content (AvgIpc) is 3.22. The van der Waals surface area contributed by atoms with Gasteiger partial charge < -0.3 is 32.4 Å². The third-order valence-electron chi connectivity index (χ3n) is 4.21. The van der Waals surface area contributed by atoms with E-state index in [2.05, 4.69) is 5.32 Å². The quantitative estimate of drug-likeness (QED) is 0.450. The molecule has 1 aliphatic rings. The summed E-state index contributed by atoms with van der Waals surface area (Å²) in [6, 6.07) is 19.1. The van der Waals surface area contributed by atoms with E-state index in [4.69, 9.17) is 27.0 Å². The van der Waals surface area contributed by atoms with Crippen molar-refractivity contribution < 1.29 is 14.6 Å². The Bertz CT molecular complexity index is 652. The Hall–Kier alpha value is -2.45. The van der Waals surface area contributed by atoms with Gasteiger partial charge in [0, 0.05) is 0 Å². The molecule has 8 N–H and O–H groups in total. The first kappa shape index (κ1) is 24.6. The summed E-state index contributed by atoms with van der Waals surface area (Å²) >= 11 is 0. The molecule has 0 radical (unpaired) electrons. The zero-order valence-electron chi connectivity index (χ0n) is 16.9. The fourth-order valence-electron chi connectivity index (χ4n) is 2.52. The van der Waals surface area contributed by atoms with E-state index in [9.17, 15) is 4.79 Å². The molecule has 1 heterocycles. The smallest absolute Gasteiger partial charge is 0.407 e. The van der Waals surface area contributed by atoms with Crippen molar-refractivity contribution in [1.82, 2.24) is 5.32 Å². The molecule has 0 saturated carbocycles. The van der Waals surface area contributed by atoms with E-state index in [-0.39, 0.29) is 24.8 Å². The number of hydrogen-bond acceptors (Lipinski definition) is 6. The van der Waals surface area contributed by atoms with E-state index in [1.165, 1.54) is 6.42 Å². The molecule has 1 amide bonds. The number of carbonyl (C=O) groups excluding carboxylic acids is 1. The van der Waals surface area contributed by atoms with Crippen LogP contribution in [-0.4, -0.2) is 37.5 Å². The number of nitrogens with one attached hydrogen (secondary N) is 1. The lowest BCUT2D eigenvalue weighted by molar-refractivity contribution is 0.177. The fraction of sp³-hybridized carbons (Fsp3) is 0.409. The number of rotatable bonds is 7. The second-order valence-corrected chi connectivity index (χ2v) is 6.54. The SMILES string of the molecule is NCCCCCN.N[C@@H](CO)c1ccccc1.O=C1N[C@H](c2ccccc2)CO1. The van der Waals surface area contributed by atoms with Crippen LogP contribution in [0, 0.1) is 0 Å². The molecular weight excluding hydrogens is 368 g/mol. The predicted octanol–water partition coefficient (Wildman–Crippen LogP) is 2.22. The normalized spacial score (nSPS) is 15.7. The Balaban J connectivity index is 0.000000227. The number of cyclic esters (lactones) is 1. The van der Waals surface area contributed by atoms with Crippen LogP contribution in [0.1, 0.15) is 42.5 Å². The van der Waals surface area contributed by atoms with E-state index in [0.717, 1.165) is 37.1 Å². The summed E-state index contributed by atoms with van der Waals surface area (Å²) in [5, 5.41) is 11.4. The van der Waals surface area contributed by atoms with E-state index < -0.39 is 0 Å². The maximum Gasteiger partial charge on any atom is 0.407 e. The lowest BCUT2D eigenvalue weighted by Gasteiger charge is -2.06. The summed E-state index contributed by atoms with van der Waals surface area (Å²) in [7, 11) is 0. The molecule has 3 rings (SSSR count). The first-order chi connectivity index (χ1) is 14.1. The number of aliphatic hydroxyl groups is 1. The Morgan fingerprint density at radius 3 is 1.97 bits per heavy atom. The van der Waals surface area contributed by atoms with E-state index in [1.54, 1.807) is 0 Å². The van der Waals surface area contributed by atoms with Crippen LogP contribution in [0.25, 0.3) is 0 Å². The van der Waals surface area contributed by atoms with Gasteiger partial charge in [-0.3, -0.25) is 0 Å². The van der Waals surface area contributed by atoms with E-state index >= 15 is 0 Å². The lowest BCUT2D eigenvalue weighted by Crippen LogP contribution is -2.17. The Kier molecular flexibility index (Phi) is 13.1. The van der Waals surface area contributed by atoms with Crippen molar-refractivity contribution in [2.45, 2.75) is 31.3 Å². The second-order valence-electron chi connectivity index (χ2n) is 6.54. The molecule has 29 heavy (non-hydrogen) atoms. The minimum atomic E-state index is -0.330. The second kappa shape index (κ2) is 15.5. The molecule has 0 aromatic heterocycles. The van der Waals surface area contributed by atoms with Crippen LogP contribution in [0.3, 0.4) is 0 Å². The van der Waals surface area contributed by atoms with Crippen molar-refractivity contribution in [3.63, 3.8) is 0 Å². The zero-order chi connectivity index (χ0) is 21.3. The largest absolute Gasteiger partial charge is 0.447 e. The van der Waals surface area contributed by atoms with E-state index in [1.807, 2.05) is 60.7 Å². The van der Waals surface area contributed by atoms with E-state index in [0.29, 0.717) is 6.61 Å². The van der Waals surface area contributed by atoms with Crippen LogP contribution in [0.15, 0.2) is 60.7 Å². The van der Waals surface area contributed by atoms with Crippen LogP contribution in [0.2, 0.25) is 0 Å². The van der Waals surface area contributed by atoms with Gasteiger partial charge in [-0.15, -0.1) is 0 Å². The zero-order valence-corrected chi connectivity index (χ0v) is 16.9. The highest BCUT2D eigenvalue weighted by molar-refractivity contribution is 5.70. The van der Waals surface area contributed by atoms with Gasteiger partial charge >= 0.3 is 6.09 Å². The molecule has 1 aliphatic heterocycles. The molecule has 1 fully saturated rings. The highest BCUT2D eigenvalue weighted by Gasteiger charge is 2.22. The lowest BCUT2D eigenvalue weighted by atomic mass is 10.1. The average molecular weight is 403 g/mol. The highest BCUT2D eigenvalue weighted by atomic mass is 16.6. The van der Waals surface area contributed by atoms with Gasteiger partial charge in [0.25, 0.3) is 0 Å². The van der Waals surface area contributed by atoms with Crippen molar-refractivity contribution in [3.05, 3.63) is 71.8 Å². The van der Waals surface area contributed by atoms with Crippen LogP contribution in [0.4, 0.5) is 4.79 Å². The first-order valence-electron chi connectivity index (χ1n) is 9.92. The molecule has 0 unspecified atom stereocenters. The molecular formula is C22H34N4O3. The van der Waals surface area contributed by atoms with Crippen molar-refractivity contribution in [3.8, 4) is 0 Å². The van der Waals surface area contributed by atoms with Crippen LogP contribution in [-0.2, 0) is 4.74 Å². The summed E-state index contributed by atoms with van der Waals surface area (Å²) < 4.78 is 4.77. The van der Waals surface area contributed by atoms with Gasteiger partial charge in [-0.2, -0.15) is 0 Å². The van der Waals surface area contributed by atoms with Crippen LogP contribution < -0.4 is 22.5 Å². The first-order valence-corrected chi connectivity index (χ1v) is 9.92. The van der Waals surface area contributed by atoms with Gasteiger partial charge in [-0.25, -0.2) is 4.79 Å². The number of nitrogens with two attached hydrogens (primary N) is 3. The van der Waals surface area contributed by atoms with Crippen molar-refractivity contribution in [2.24, 2.45) is 17.2 Å². The number of amides is 1. The number of hydrogen-bond donors (Lipinski definition) is 5. The van der Waals surface area contributed by atoms with Gasteiger partial charge in [-0.1, -0.05) is 67.1 Å². The molecule has 2 aromatic carbocycles. The molecule has 1 saturated heterocycles. The molecule has 7 nitrogen and oxygen atoms in total.